The van der Waals surface area contributed by atoms with Gasteiger partial charge in [0.1, 0.15) is 5.69 Å². The van der Waals surface area contributed by atoms with Crippen LogP contribution in [0.4, 0.5) is 5.69 Å². The van der Waals surface area contributed by atoms with Crippen molar-refractivity contribution in [3.8, 4) is 0 Å². The maximum absolute atomic E-state index is 11.8. The van der Waals surface area contributed by atoms with Gasteiger partial charge < -0.3 is 10.6 Å². The highest BCUT2D eigenvalue weighted by atomic mass is 16.1. The number of aryl methyl sites for hydroxylation is 1. The molecule has 0 fully saturated rings. The van der Waals surface area contributed by atoms with Gasteiger partial charge in [-0.15, -0.1) is 0 Å². The van der Waals surface area contributed by atoms with Gasteiger partial charge in [-0.25, -0.2) is 4.98 Å². The van der Waals surface area contributed by atoms with Crippen LogP contribution in [0.15, 0.2) is 30.6 Å². The Hall–Kier alpha value is -2.37. The summed E-state index contributed by atoms with van der Waals surface area (Å²) in [4.78, 5) is 15.9. The van der Waals surface area contributed by atoms with E-state index in [9.17, 15) is 4.79 Å². The van der Waals surface area contributed by atoms with Gasteiger partial charge in [-0.2, -0.15) is 5.10 Å². The Balaban J connectivity index is 1.83. The van der Waals surface area contributed by atoms with Crippen LogP contribution in [0.5, 0.6) is 0 Å². The van der Waals surface area contributed by atoms with Gasteiger partial charge in [0.05, 0.1) is 17.6 Å². The number of carbonyl (C=O) groups excluding carboxylic acids is 1. The third-order valence-corrected chi connectivity index (χ3v) is 2.72. The Morgan fingerprint density at radius 1 is 1.37 bits per heavy atom. The van der Waals surface area contributed by atoms with Crippen LogP contribution in [0.2, 0.25) is 0 Å². The van der Waals surface area contributed by atoms with Crippen molar-refractivity contribution in [2.45, 2.75) is 6.42 Å². The second-order valence-corrected chi connectivity index (χ2v) is 4.17. The first-order valence-electron chi connectivity index (χ1n) is 6.09. The minimum atomic E-state index is -0.168. The number of hydrogen-bond acceptors (Lipinski definition) is 4. The molecule has 0 aliphatic carbocycles. The van der Waals surface area contributed by atoms with E-state index in [0.717, 1.165) is 11.4 Å². The van der Waals surface area contributed by atoms with E-state index in [2.05, 4.69) is 20.7 Å². The largest absolute Gasteiger partial charge is 0.387 e. The van der Waals surface area contributed by atoms with E-state index in [1.165, 1.54) is 0 Å². The maximum Gasteiger partial charge on any atom is 0.269 e. The standard InChI is InChI=1S/C13H17N5O/c1-14-11-3-4-12(16-9-11)13(19)15-7-5-10-6-8-18(2)17-10/h3-4,6,8-9,14H,5,7H2,1-2H3,(H,15,19). The quantitative estimate of drug-likeness (QED) is 0.834. The number of rotatable bonds is 5. The number of nitrogens with zero attached hydrogens (tertiary/aromatic N) is 3. The first kappa shape index (κ1) is 13.1. The third kappa shape index (κ3) is 3.54. The molecule has 0 spiro atoms. The molecule has 100 valence electrons. The van der Waals surface area contributed by atoms with Crippen LogP contribution >= 0.6 is 0 Å². The smallest absolute Gasteiger partial charge is 0.269 e. The van der Waals surface area contributed by atoms with E-state index in [-0.39, 0.29) is 5.91 Å². The van der Waals surface area contributed by atoms with Crippen molar-refractivity contribution < 1.29 is 4.79 Å². The molecule has 6 nitrogen and oxygen atoms in total. The van der Waals surface area contributed by atoms with Crippen LogP contribution < -0.4 is 10.6 Å². The lowest BCUT2D eigenvalue weighted by Crippen LogP contribution is -2.26. The van der Waals surface area contributed by atoms with Gasteiger partial charge >= 0.3 is 0 Å². The second kappa shape index (κ2) is 5.99. The molecule has 0 radical (unpaired) electrons. The molecule has 0 atom stereocenters. The van der Waals surface area contributed by atoms with Gasteiger partial charge in [0, 0.05) is 33.3 Å². The highest BCUT2D eigenvalue weighted by Gasteiger charge is 2.06. The van der Waals surface area contributed by atoms with Crippen molar-refractivity contribution in [3.05, 3.63) is 42.0 Å². The highest BCUT2D eigenvalue weighted by Crippen LogP contribution is 2.04. The Morgan fingerprint density at radius 2 is 2.21 bits per heavy atom. The van der Waals surface area contributed by atoms with Gasteiger partial charge in [0.2, 0.25) is 0 Å². The van der Waals surface area contributed by atoms with Crippen LogP contribution in [-0.2, 0) is 13.5 Å². The number of carbonyl (C=O) groups is 1. The van der Waals surface area contributed by atoms with Crippen LogP contribution in [0, 0.1) is 0 Å². The molecule has 0 aromatic carbocycles. The fourth-order valence-electron chi connectivity index (χ4n) is 1.67. The molecule has 0 aliphatic rings. The van der Waals surface area contributed by atoms with Gasteiger partial charge in [0.25, 0.3) is 5.91 Å². The minimum Gasteiger partial charge on any atom is -0.387 e. The molecule has 2 aromatic heterocycles. The molecule has 0 aliphatic heterocycles. The van der Waals surface area contributed by atoms with E-state index in [0.29, 0.717) is 18.7 Å². The summed E-state index contributed by atoms with van der Waals surface area (Å²) in [6, 6.07) is 5.45. The summed E-state index contributed by atoms with van der Waals surface area (Å²) >= 11 is 0. The van der Waals surface area contributed by atoms with Crippen molar-refractivity contribution in [1.82, 2.24) is 20.1 Å². The summed E-state index contributed by atoms with van der Waals surface area (Å²) in [5, 5.41) is 10.0. The molecule has 0 bridgehead atoms. The topological polar surface area (TPSA) is 71.8 Å². The summed E-state index contributed by atoms with van der Waals surface area (Å²) in [7, 11) is 3.68. The number of amides is 1. The number of nitrogens with one attached hydrogen (secondary N) is 2. The fourth-order valence-corrected chi connectivity index (χ4v) is 1.67. The summed E-state index contributed by atoms with van der Waals surface area (Å²) in [5.74, 6) is -0.168. The molecule has 0 unspecified atom stereocenters. The second-order valence-electron chi connectivity index (χ2n) is 4.17. The third-order valence-electron chi connectivity index (χ3n) is 2.72. The molecule has 2 aromatic rings. The lowest BCUT2D eigenvalue weighted by molar-refractivity contribution is 0.0949. The number of pyridine rings is 1. The van der Waals surface area contributed by atoms with Crippen molar-refractivity contribution in [3.63, 3.8) is 0 Å². The fraction of sp³-hybridized carbons (Fsp3) is 0.308. The predicted octanol–water partition coefficient (Wildman–Crippen LogP) is 0.829. The Bertz CT molecular complexity index is 546. The monoisotopic (exact) mass is 259 g/mol. The maximum atomic E-state index is 11.8. The van der Waals surface area contributed by atoms with Gasteiger partial charge in [0.15, 0.2) is 0 Å². The van der Waals surface area contributed by atoms with E-state index < -0.39 is 0 Å². The van der Waals surface area contributed by atoms with Gasteiger partial charge in [-0.1, -0.05) is 0 Å². The molecule has 2 N–H and O–H groups in total. The van der Waals surface area contributed by atoms with Crippen molar-refractivity contribution in [2.75, 3.05) is 18.9 Å². The summed E-state index contributed by atoms with van der Waals surface area (Å²) in [5.41, 5.74) is 2.26. The Kier molecular flexibility index (Phi) is 4.12. The van der Waals surface area contributed by atoms with Crippen LogP contribution in [0.1, 0.15) is 16.2 Å². The molecule has 0 saturated carbocycles. The Morgan fingerprint density at radius 3 is 2.79 bits per heavy atom. The van der Waals surface area contributed by atoms with Gasteiger partial charge in [-0.05, 0) is 18.2 Å². The minimum absolute atomic E-state index is 0.168. The lowest BCUT2D eigenvalue weighted by atomic mass is 10.3. The first-order chi connectivity index (χ1) is 9.19. The van der Waals surface area contributed by atoms with E-state index in [1.54, 1.807) is 16.9 Å². The molecule has 2 rings (SSSR count). The average Bonchev–Trinajstić information content (AvgIpc) is 2.84. The number of aromatic nitrogens is 3. The number of hydrogen-bond donors (Lipinski definition) is 2. The van der Waals surface area contributed by atoms with Crippen molar-refractivity contribution in [2.24, 2.45) is 7.05 Å². The van der Waals surface area contributed by atoms with Crippen LogP contribution in [-0.4, -0.2) is 34.3 Å². The van der Waals surface area contributed by atoms with Crippen LogP contribution in [0.25, 0.3) is 0 Å². The first-order valence-corrected chi connectivity index (χ1v) is 6.09. The molecule has 6 heteroatoms. The SMILES string of the molecule is CNc1ccc(C(=O)NCCc2ccn(C)n2)nc1. The zero-order chi connectivity index (χ0) is 13.7. The number of anilines is 1. The molecule has 0 saturated heterocycles. The molecule has 19 heavy (non-hydrogen) atoms. The average molecular weight is 259 g/mol. The molecule has 2 heterocycles. The molecule has 1 amide bonds. The van der Waals surface area contributed by atoms with Crippen LogP contribution in [0.3, 0.4) is 0 Å². The Labute approximate surface area is 111 Å². The van der Waals surface area contributed by atoms with E-state index >= 15 is 0 Å². The summed E-state index contributed by atoms with van der Waals surface area (Å²) < 4.78 is 1.75. The zero-order valence-corrected chi connectivity index (χ0v) is 11.1. The van der Waals surface area contributed by atoms with Gasteiger partial charge in [-0.3, -0.25) is 9.48 Å². The summed E-state index contributed by atoms with van der Waals surface area (Å²) in [6.07, 6.45) is 4.23. The van der Waals surface area contributed by atoms with Crippen molar-refractivity contribution in [1.29, 1.82) is 0 Å². The molecular weight excluding hydrogens is 242 g/mol. The summed E-state index contributed by atoms with van der Waals surface area (Å²) in [6.45, 7) is 0.547. The van der Waals surface area contributed by atoms with E-state index in [1.807, 2.05) is 32.4 Å². The normalized spacial score (nSPS) is 10.2. The molecular formula is C13H17N5O. The van der Waals surface area contributed by atoms with E-state index in [4.69, 9.17) is 0 Å². The lowest BCUT2D eigenvalue weighted by Gasteiger charge is -2.04. The highest BCUT2D eigenvalue weighted by molar-refractivity contribution is 5.92. The predicted molar refractivity (Wildman–Crippen MR) is 73.0 cm³/mol. The zero-order valence-electron chi connectivity index (χ0n) is 11.1. The van der Waals surface area contributed by atoms with Crippen molar-refractivity contribution >= 4 is 11.6 Å².